The van der Waals surface area contributed by atoms with Crippen LogP contribution in [0.1, 0.15) is 18.5 Å². The van der Waals surface area contributed by atoms with Gasteiger partial charge in [-0.1, -0.05) is 34.1 Å². The standard InChI is InChI=1S/C9H8BrNO2.C3H6/c10-7-3-1-2-6(4-7)8-5-13-9(12)11-8;1-3-2/h1-4,8H,5H2,(H,11,12);3H,1H2,2H3/t8-;/m0./s1. The fourth-order valence-corrected chi connectivity index (χ4v) is 1.70. The second-order valence-electron chi connectivity index (χ2n) is 3.26. The smallest absolute Gasteiger partial charge is 0.407 e. The minimum absolute atomic E-state index is 0.00926. The topological polar surface area (TPSA) is 38.3 Å². The van der Waals surface area contributed by atoms with Crippen LogP contribution in [0.3, 0.4) is 0 Å². The van der Waals surface area contributed by atoms with Crippen LogP contribution >= 0.6 is 15.9 Å². The molecule has 1 aliphatic rings. The first-order valence-corrected chi connectivity index (χ1v) is 5.72. The van der Waals surface area contributed by atoms with Gasteiger partial charge >= 0.3 is 6.09 Å². The van der Waals surface area contributed by atoms with E-state index in [1.165, 1.54) is 0 Å². The van der Waals surface area contributed by atoms with E-state index < -0.39 is 0 Å². The SMILES string of the molecule is C=CC.O=C1N[C@H](c2cccc(Br)c2)CO1. The van der Waals surface area contributed by atoms with Crippen LogP contribution in [0.25, 0.3) is 0 Å². The van der Waals surface area contributed by atoms with Gasteiger partial charge in [0.15, 0.2) is 0 Å². The Kier molecular flexibility index (Phi) is 5.05. The summed E-state index contributed by atoms with van der Waals surface area (Å²) >= 11 is 3.37. The fourth-order valence-electron chi connectivity index (χ4n) is 1.29. The molecule has 1 amide bonds. The minimum Gasteiger partial charge on any atom is -0.447 e. The highest BCUT2D eigenvalue weighted by Gasteiger charge is 2.23. The van der Waals surface area contributed by atoms with E-state index in [9.17, 15) is 4.79 Å². The predicted molar refractivity (Wildman–Crippen MR) is 67.2 cm³/mol. The summed E-state index contributed by atoms with van der Waals surface area (Å²) in [4.78, 5) is 10.8. The van der Waals surface area contributed by atoms with Gasteiger partial charge in [0.25, 0.3) is 0 Å². The average Bonchev–Trinajstić information content (AvgIpc) is 2.66. The van der Waals surface area contributed by atoms with Crippen molar-refractivity contribution >= 4 is 22.0 Å². The van der Waals surface area contributed by atoms with Crippen LogP contribution < -0.4 is 5.32 Å². The number of benzene rings is 1. The first-order chi connectivity index (χ1) is 7.67. The lowest BCUT2D eigenvalue weighted by Crippen LogP contribution is -2.18. The van der Waals surface area contributed by atoms with E-state index in [-0.39, 0.29) is 12.1 Å². The van der Waals surface area contributed by atoms with E-state index in [0.29, 0.717) is 6.61 Å². The van der Waals surface area contributed by atoms with Crippen molar-refractivity contribution in [1.29, 1.82) is 0 Å². The Bertz CT molecular complexity index is 379. The quantitative estimate of drug-likeness (QED) is 0.802. The van der Waals surface area contributed by atoms with Crippen molar-refractivity contribution in [3.63, 3.8) is 0 Å². The van der Waals surface area contributed by atoms with Crippen molar-refractivity contribution in [3.05, 3.63) is 47.0 Å². The van der Waals surface area contributed by atoms with E-state index in [1.807, 2.05) is 31.2 Å². The number of cyclic esters (lactones) is 1. The monoisotopic (exact) mass is 283 g/mol. The van der Waals surface area contributed by atoms with Crippen LogP contribution in [0.15, 0.2) is 41.4 Å². The highest BCUT2D eigenvalue weighted by Crippen LogP contribution is 2.21. The number of allylic oxidation sites excluding steroid dienone is 1. The van der Waals surface area contributed by atoms with E-state index in [0.717, 1.165) is 10.0 Å². The Hall–Kier alpha value is -1.29. The van der Waals surface area contributed by atoms with Gasteiger partial charge in [0.05, 0.1) is 6.04 Å². The number of nitrogens with one attached hydrogen (secondary N) is 1. The number of ether oxygens (including phenoxy) is 1. The third kappa shape index (κ3) is 3.70. The van der Waals surface area contributed by atoms with Gasteiger partial charge in [0.1, 0.15) is 6.61 Å². The Balaban J connectivity index is 0.000000386. The molecule has 16 heavy (non-hydrogen) atoms. The van der Waals surface area contributed by atoms with Gasteiger partial charge in [-0.3, -0.25) is 0 Å². The number of carbonyl (C=O) groups excluding carboxylic acids is 1. The Morgan fingerprint density at radius 3 is 2.81 bits per heavy atom. The highest BCUT2D eigenvalue weighted by molar-refractivity contribution is 9.10. The molecule has 0 aliphatic carbocycles. The van der Waals surface area contributed by atoms with Crippen LogP contribution in [0.2, 0.25) is 0 Å². The van der Waals surface area contributed by atoms with Crippen LogP contribution in [0.5, 0.6) is 0 Å². The molecule has 1 aromatic carbocycles. The van der Waals surface area contributed by atoms with Crippen LogP contribution in [-0.4, -0.2) is 12.7 Å². The number of alkyl carbamates (subject to hydrolysis) is 1. The summed E-state index contributed by atoms with van der Waals surface area (Å²) in [5.41, 5.74) is 1.06. The lowest BCUT2D eigenvalue weighted by atomic mass is 10.1. The minimum atomic E-state index is -0.343. The Morgan fingerprint density at radius 1 is 1.62 bits per heavy atom. The molecule has 0 saturated carbocycles. The molecule has 1 atom stereocenters. The van der Waals surface area contributed by atoms with Gasteiger partial charge in [-0.05, 0) is 24.6 Å². The number of hydrogen-bond donors (Lipinski definition) is 1. The molecule has 0 bridgehead atoms. The first-order valence-electron chi connectivity index (χ1n) is 4.93. The van der Waals surface area contributed by atoms with E-state index in [2.05, 4.69) is 27.8 Å². The second-order valence-corrected chi connectivity index (χ2v) is 4.17. The number of amides is 1. The van der Waals surface area contributed by atoms with Crippen molar-refractivity contribution in [2.75, 3.05) is 6.61 Å². The van der Waals surface area contributed by atoms with Crippen LogP contribution in [-0.2, 0) is 4.74 Å². The van der Waals surface area contributed by atoms with E-state index in [4.69, 9.17) is 4.74 Å². The van der Waals surface area contributed by atoms with E-state index >= 15 is 0 Å². The summed E-state index contributed by atoms with van der Waals surface area (Å²) in [6.07, 6.45) is 1.41. The van der Waals surface area contributed by atoms with Gasteiger partial charge < -0.3 is 10.1 Å². The van der Waals surface area contributed by atoms with Crippen LogP contribution in [0.4, 0.5) is 4.79 Å². The molecule has 0 aromatic heterocycles. The zero-order chi connectivity index (χ0) is 12.0. The molecule has 0 spiro atoms. The average molecular weight is 284 g/mol. The number of carbonyl (C=O) groups is 1. The molecule has 1 heterocycles. The van der Waals surface area contributed by atoms with Crippen molar-refractivity contribution in [1.82, 2.24) is 5.32 Å². The Labute approximate surface area is 104 Å². The molecule has 3 nitrogen and oxygen atoms in total. The summed E-state index contributed by atoms with van der Waals surface area (Å²) < 4.78 is 5.80. The maximum atomic E-state index is 10.8. The maximum absolute atomic E-state index is 10.8. The molecular weight excluding hydrogens is 270 g/mol. The zero-order valence-corrected chi connectivity index (χ0v) is 10.7. The normalized spacial score (nSPS) is 17.9. The fraction of sp³-hybridized carbons (Fsp3) is 0.250. The molecule has 1 fully saturated rings. The molecule has 86 valence electrons. The third-order valence-electron chi connectivity index (χ3n) is 1.92. The van der Waals surface area contributed by atoms with E-state index in [1.54, 1.807) is 6.08 Å². The molecule has 1 aliphatic heterocycles. The summed E-state index contributed by atoms with van der Waals surface area (Å²) in [5.74, 6) is 0. The van der Waals surface area contributed by atoms with Gasteiger partial charge in [0.2, 0.25) is 0 Å². The molecular formula is C12H14BrNO2. The number of halogens is 1. The van der Waals surface area contributed by atoms with Crippen molar-refractivity contribution in [2.45, 2.75) is 13.0 Å². The molecule has 1 aromatic rings. The first kappa shape index (κ1) is 12.8. The molecule has 0 radical (unpaired) electrons. The van der Waals surface area contributed by atoms with Gasteiger partial charge in [-0.25, -0.2) is 4.79 Å². The van der Waals surface area contributed by atoms with Crippen LogP contribution in [0, 0.1) is 0 Å². The van der Waals surface area contributed by atoms with Crippen molar-refractivity contribution in [2.24, 2.45) is 0 Å². The summed E-state index contributed by atoms with van der Waals surface area (Å²) in [6, 6.07) is 7.81. The van der Waals surface area contributed by atoms with Gasteiger partial charge in [0, 0.05) is 4.47 Å². The summed E-state index contributed by atoms with van der Waals surface area (Å²) in [6.45, 7) is 5.66. The third-order valence-corrected chi connectivity index (χ3v) is 2.42. The molecule has 1 N–H and O–H groups in total. The van der Waals surface area contributed by atoms with Crippen molar-refractivity contribution in [3.8, 4) is 0 Å². The van der Waals surface area contributed by atoms with Crippen molar-refractivity contribution < 1.29 is 9.53 Å². The van der Waals surface area contributed by atoms with Gasteiger partial charge in [-0.15, -0.1) is 6.58 Å². The largest absolute Gasteiger partial charge is 0.447 e. The lowest BCUT2D eigenvalue weighted by Gasteiger charge is -2.06. The predicted octanol–water partition coefficient (Wildman–Crippen LogP) is 3.42. The summed E-state index contributed by atoms with van der Waals surface area (Å²) in [5, 5.41) is 2.72. The zero-order valence-electron chi connectivity index (χ0n) is 9.07. The van der Waals surface area contributed by atoms with Gasteiger partial charge in [-0.2, -0.15) is 0 Å². The molecule has 4 heteroatoms. The lowest BCUT2D eigenvalue weighted by molar-refractivity contribution is 0.177. The number of hydrogen-bond acceptors (Lipinski definition) is 2. The molecule has 0 unspecified atom stereocenters. The molecule has 2 rings (SSSR count). The second kappa shape index (κ2) is 6.33. The highest BCUT2D eigenvalue weighted by atomic mass is 79.9. The number of rotatable bonds is 1. The summed E-state index contributed by atoms with van der Waals surface area (Å²) in [7, 11) is 0. The molecule has 1 saturated heterocycles. The Morgan fingerprint density at radius 2 is 2.31 bits per heavy atom. The maximum Gasteiger partial charge on any atom is 0.407 e.